The minimum Gasteiger partial charge on any atom is -0.467 e. The molecule has 0 saturated carbocycles. The van der Waals surface area contributed by atoms with Crippen molar-refractivity contribution in [2.45, 2.75) is 6.04 Å². The predicted molar refractivity (Wildman–Crippen MR) is 102 cm³/mol. The van der Waals surface area contributed by atoms with Crippen LogP contribution in [0.15, 0.2) is 77.4 Å². The Labute approximate surface area is 156 Å². The van der Waals surface area contributed by atoms with E-state index in [0.717, 1.165) is 11.3 Å². The number of furan rings is 1. The van der Waals surface area contributed by atoms with Crippen molar-refractivity contribution in [2.75, 3.05) is 23.3 Å². The Morgan fingerprint density at radius 3 is 2.63 bits per heavy atom. The van der Waals surface area contributed by atoms with E-state index in [2.05, 4.69) is 10.6 Å². The molecule has 2 heterocycles. The zero-order chi connectivity index (χ0) is 18.6. The fourth-order valence-corrected chi connectivity index (χ4v) is 3.22. The molecule has 2 N–H and O–H groups in total. The molecule has 2 amide bonds. The monoisotopic (exact) mass is 361 g/mol. The van der Waals surface area contributed by atoms with Crippen LogP contribution in [0.5, 0.6) is 0 Å². The first-order chi connectivity index (χ1) is 13.2. The van der Waals surface area contributed by atoms with Gasteiger partial charge in [0.1, 0.15) is 12.3 Å². The Kier molecular flexibility index (Phi) is 4.72. The summed E-state index contributed by atoms with van der Waals surface area (Å²) < 4.78 is 5.55. The summed E-state index contributed by atoms with van der Waals surface area (Å²) in [7, 11) is 0. The zero-order valence-corrected chi connectivity index (χ0v) is 14.6. The molecule has 0 aliphatic carbocycles. The Balaban J connectivity index is 1.53. The van der Waals surface area contributed by atoms with Gasteiger partial charge in [0.2, 0.25) is 11.8 Å². The lowest BCUT2D eigenvalue weighted by Crippen LogP contribution is -2.46. The molecule has 2 aromatic carbocycles. The molecule has 136 valence electrons. The van der Waals surface area contributed by atoms with E-state index in [4.69, 9.17) is 4.42 Å². The molecule has 0 spiro atoms. The number of amides is 2. The number of nitrogens with zero attached hydrogens (tertiary/aromatic N) is 1. The van der Waals surface area contributed by atoms with Crippen LogP contribution in [-0.2, 0) is 9.59 Å². The minimum atomic E-state index is -0.251. The number of rotatable bonds is 5. The second-order valence-corrected chi connectivity index (χ2v) is 6.29. The quantitative estimate of drug-likeness (QED) is 0.733. The number of hydrogen-bond acceptors (Lipinski definition) is 4. The number of benzene rings is 2. The van der Waals surface area contributed by atoms with Gasteiger partial charge >= 0.3 is 0 Å². The third-order valence-electron chi connectivity index (χ3n) is 4.49. The Morgan fingerprint density at radius 1 is 1.07 bits per heavy atom. The zero-order valence-electron chi connectivity index (χ0n) is 14.6. The maximum Gasteiger partial charge on any atom is 0.244 e. The van der Waals surface area contributed by atoms with Crippen LogP contribution < -0.4 is 15.5 Å². The van der Waals surface area contributed by atoms with Crippen LogP contribution in [0.3, 0.4) is 0 Å². The topological polar surface area (TPSA) is 74.6 Å². The van der Waals surface area contributed by atoms with Gasteiger partial charge in [-0.3, -0.25) is 19.8 Å². The SMILES string of the molecule is O=C1CN(C(=O)CN[C@H](c2ccccc2)c2ccco2)c2ccccc2N1. The summed E-state index contributed by atoms with van der Waals surface area (Å²) in [6, 6.07) is 20.5. The van der Waals surface area contributed by atoms with Gasteiger partial charge in [-0.05, 0) is 29.8 Å². The minimum absolute atomic E-state index is 0.00822. The number of fused-ring (bicyclic) bond motifs is 1. The highest BCUT2D eigenvalue weighted by Crippen LogP contribution is 2.29. The molecule has 3 aromatic rings. The smallest absolute Gasteiger partial charge is 0.244 e. The van der Waals surface area contributed by atoms with Crippen molar-refractivity contribution in [1.82, 2.24) is 5.32 Å². The van der Waals surface area contributed by atoms with Crippen molar-refractivity contribution in [2.24, 2.45) is 0 Å². The predicted octanol–water partition coefficient (Wildman–Crippen LogP) is 2.94. The fraction of sp³-hybridized carbons (Fsp3) is 0.143. The average molecular weight is 361 g/mol. The van der Waals surface area contributed by atoms with Crippen LogP contribution >= 0.6 is 0 Å². The highest BCUT2D eigenvalue weighted by Gasteiger charge is 2.27. The molecule has 6 nitrogen and oxygen atoms in total. The highest BCUT2D eigenvalue weighted by atomic mass is 16.3. The van der Waals surface area contributed by atoms with Gasteiger partial charge in [-0.15, -0.1) is 0 Å². The van der Waals surface area contributed by atoms with Crippen molar-refractivity contribution >= 4 is 23.2 Å². The van der Waals surface area contributed by atoms with E-state index in [0.29, 0.717) is 11.4 Å². The second kappa shape index (κ2) is 7.47. The molecular formula is C21H19N3O3. The summed E-state index contributed by atoms with van der Waals surface area (Å²) >= 11 is 0. The van der Waals surface area contributed by atoms with Crippen LogP contribution in [0.4, 0.5) is 11.4 Å². The molecule has 1 atom stereocenters. The van der Waals surface area contributed by atoms with Crippen LogP contribution in [0, 0.1) is 0 Å². The summed E-state index contributed by atoms with van der Waals surface area (Å²) in [4.78, 5) is 26.3. The number of carbonyl (C=O) groups excluding carboxylic acids is 2. The van der Waals surface area contributed by atoms with E-state index < -0.39 is 0 Å². The van der Waals surface area contributed by atoms with Crippen molar-refractivity contribution in [3.8, 4) is 0 Å². The van der Waals surface area contributed by atoms with Crippen molar-refractivity contribution in [3.63, 3.8) is 0 Å². The Morgan fingerprint density at radius 2 is 1.85 bits per heavy atom. The number of para-hydroxylation sites is 2. The maximum absolute atomic E-state index is 12.9. The van der Waals surface area contributed by atoms with Crippen molar-refractivity contribution in [3.05, 3.63) is 84.3 Å². The molecule has 27 heavy (non-hydrogen) atoms. The average Bonchev–Trinajstić information content (AvgIpc) is 3.22. The van der Waals surface area contributed by atoms with Crippen LogP contribution in [0.2, 0.25) is 0 Å². The molecule has 0 fully saturated rings. The van der Waals surface area contributed by atoms with E-state index in [1.54, 1.807) is 12.3 Å². The molecular weight excluding hydrogens is 342 g/mol. The standard InChI is InChI=1S/C21H19N3O3/c25-19-14-24(17-10-5-4-9-16(17)23-19)20(26)13-22-21(18-11-6-12-27-18)15-7-2-1-3-8-15/h1-12,21-22H,13-14H2,(H,23,25)/t21-/m1/s1. The third kappa shape index (κ3) is 3.61. The first-order valence-electron chi connectivity index (χ1n) is 8.73. The summed E-state index contributed by atoms with van der Waals surface area (Å²) in [5, 5.41) is 6.05. The molecule has 4 rings (SSSR count). The van der Waals surface area contributed by atoms with Crippen LogP contribution in [0.25, 0.3) is 0 Å². The van der Waals surface area contributed by atoms with Gasteiger partial charge < -0.3 is 9.73 Å². The van der Waals surface area contributed by atoms with Gasteiger partial charge in [-0.2, -0.15) is 0 Å². The molecule has 6 heteroatoms. The Hall–Kier alpha value is -3.38. The van der Waals surface area contributed by atoms with E-state index in [9.17, 15) is 9.59 Å². The van der Waals surface area contributed by atoms with Gasteiger partial charge in [0.15, 0.2) is 0 Å². The van der Waals surface area contributed by atoms with E-state index >= 15 is 0 Å². The molecule has 0 radical (unpaired) electrons. The van der Waals surface area contributed by atoms with Gasteiger partial charge in [-0.25, -0.2) is 0 Å². The molecule has 1 aliphatic rings. The largest absolute Gasteiger partial charge is 0.467 e. The maximum atomic E-state index is 12.9. The molecule has 0 saturated heterocycles. The summed E-state index contributed by atoms with van der Waals surface area (Å²) in [6.45, 7) is 0.0795. The number of nitrogens with one attached hydrogen (secondary N) is 2. The number of anilines is 2. The number of carbonyl (C=O) groups is 2. The first kappa shape index (κ1) is 17.1. The lowest BCUT2D eigenvalue weighted by atomic mass is 10.0. The lowest BCUT2D eigenvalue weighted by molar-refractivity contribution is -0.121. The lowest BCUT2D eigenvalue weighted by Gasteiger charge is -2.29. The van der Waals surface area contributed by atoms with Gasteiger partial charge in [0, 0.05) is 0 Å². The van der Waals surface area contributed by atoms with Crippen molar-refractivity contribution in [1.29, 1.82) is 0 Å². The van der Waals surface area contributed by atoms with Crippen LogP contribution in [-0.4, -0.2) is 24.9 Å². The van der Waals surface area contributed by atoms with Crippen molar-refractivity contribution < 1.29 is 14.0 Å². The van der Waals surface area contributed by atoms with Gasteiger partial charge in [0.05, 0.1) is 30.2 Å². The summed E-state index contributed by atoms with van der Waals surface area (Å²) in [5.74, 6) is 0.350. The van der Waals surface area contributed by atoms with E-state index in [1.165, 1.54) is 4.90 Å². The third-order valence-corrected chi connectivity index (χ3v) is 4.49. The molecule has 0 unspecified atom stereocenters. The normalized spacial score (nSPS) is 14.4. The summed E-state index contributed by atoms with van der Waals surface area (Å²) in [6.07, 6.45) is 1.61. The second-order valence-electron chi connectivity index (χ2n) is 6.29. The van der Waals surface area contributed by atoms with E-state index in [-0.39, 0.29) is 30.9 Å². The van der Waals surface area contributed by atoms with E-state index in [1.807, 2.05) is 60.7 Å². The molecule has 1 aromatic heterocycles. The molecule has 1 aliphatic heterocycles. The van der Waals surface area contributed by atoms with Gasteiger partial charge in [0.25, 0.3) is 0 Å². The summed E-state index contributed by atoms with van der Waals surface area (Å²) in [5.41, 5.74) is 2.35. The number of hydrogen-bond donors (Lipinski definition) is 2. The molecule has 0 bridgehead atoms. The first-order valence-corrected chi connectivity index (χ1v) is 8.73. The highest BCUT2D eigenvalue weighted by molar-refractivity contribution is 6.10. The Bertz CT molecular complexity index is 938. The van der Waals surface area contributed by atoms with Gasteiger partial charge in [-0.1, -0.05) is 42.5 Å². The van der Waals surface area contributed by atoms with Crippen LogP contribution in [0.1, 0.15) is 17.4 Å². The fourth-order valence-electron chi connectivity index (χ4n) is 3.22.